The van der Waals surface area contributed by atoms with Crippen molar-refractivity contribution in [1.29, 1.82) is 0 Å². The van der Waals surface area contributed by atoms with E-state index in [4.69, 9.17) is 14.0 Å². The molecule has 2 saturated heterocycles. The molecule has 0 bridgehead atoms. The Morgan fingerprint density at radius 3 is 2.46 bits per heavy atom. The highest BCUT2D eigenvalue weighted by Crippen LogP contribution is 2.36. The van der Waals surface area contributed by atoms with Gasteiger partial charge in [-0.15, -0.1) is 0 Å². The Morgan fingerprint density at radius 2 is 1.85 bits per heavy atom. The van der Waals surface area contributed by atoms with Crippen molar-refractivity contribution in [3.05, 3.63) is 12.4 Å². The number of aliphatic hydroxyl groups is 1. The van der Waals surface area contributed by atoms with Gasteiger partial charge in [0.1, 0.15) is 6.61 Å². The molecule has 2 fully saturated rings. The second kappa shape index (κ2) is 7.80. The fraction of sp³-hybridized carbons (Fsp3) is 0.778. The quantitative estimate of drug-likeness (QED) is 0.756. The second-order valence-electron chi connectivity index (χ2n) is 8.11. The summed E-state index contributed by atoms with van der Waals surface area (Å²) in [6.45, 7) is 10.5. The smallest absolute Gasteiger partial charge is 0.462 e. The molecule has 0 aliphatic carbocycles. The van der Waals surface area contributed by atoms with Crippen LogP contribution in [0.15, 0.2) is 12.4 Å². The molecule has 0 radical (unpaired) electrons. The zero-order valence-electron chi connectivity index (χ0n) is 16.3. The zero-order chi connectivity index (χ0) is 18.8. The highest BCUT2D eigenvalue weighted by molar-refractivity contribution is 6.61. The monoisotopic (exact) mass is 363 g/mol. The molecule has 144 valence electrons. The molecular weight excluding hydrogens is 333 g/mol. The maximum absolute atomic E-state index is 9.20. The van der Waals surface area contributed by atoms with Crippen LogP contribution in [0.4, 0.5) is 0 Å². The molecule has 7 nitrogen and oxygen atoms in total. The normalized spacial score (nSPS) is 25.4. The molecule has 3 rings (SSSR count). The van der Waals surface area contributed by atoms with Crippen LogP contribution in [0.5, 0.6) is 6.01 Å². The number of piperidine rings is 1. The Kier molecular flexibility index (Phi) is 5.86. The first-order chi connectivity index (χ1) is 12.3. The standard InChI is InChI=1S/C18H30BN3O4/c1-17(2)18(3,4)26-19(25-17)14-11-20-16(21-12-14)24-13-15-7-5-6-8-22(15)9-10-23/h11-12,15,23H,5-10,13H2,1-4H3/t15-/m1/s1. The zero-order valence-corrected chi connectivity index (χ0v) is 16.3. The van der Waals surface area contributed by atoms with Crippen LogP contribution < -0.4 is 10.2 Å². The van der Waals surface area contributed by atoms with Gasteiger partial charge in [0, 0.05) is 30.4 Å². The summed E-state index contributed by atoms with van der Waals surface area (Å²) in [7, 11) is -0.465. The minimum absolute atomic E-state index is 0.176. The van der Waals surface area contributed by atoms with Gasteiger partial charge in [0.15, 0.2) is 0 Å². The van der Waals surface area contributed by atoms with Gasteiger partial charge in [-0.1, -0.05) is 6.42 Å². The lowest BCUT2D eigenvalue weighted by Crippen LogP contribution is -2.44. The number of β-amino-alcohol motifs (C(OH)–C–C–N with tert-alkyl or cyclic N) is 1. The number of likely N-dealkylation sites (tertiary alicyclic amines) is 1. The molecular formula is C18H30BN3O4. The van der Waals surface area contributed by atoms with Gasteiger partial charge >= 0.3 is 13.1 Å². The minimum atomic E-state index is -0.465. The summed E-state index contributed by atoms with van der Waals surface area (Å²) in [5.74, 6) is 0. The Hall–Kier alpha value is -1.22. The van der Waals surface area contributed by atoms with Crippen molar-refractivity contribution in [2.45, 2.75) is 64.2 Å². The Labute approximate surface area is 156 Å². The maximum Gasteiger partial charge on any atom is 0.498 e. The molecule has 3 heterocycles. The fourth-order valence-corrected chi connectivity index (χ4v) is 3.34. The number of aliphatic hydroxyl groups excluding tert-OH is 1. The number of hydrogen-bond acceptors (Lipinski definition) is 7. The molecule has 0 spiro atoms. The topological polar surface area (TPSA) is 76.9 Å². The summed E-state index contributed by atoms with van der Waals surface area (Å²) in [5, 5.41) is 9.20. The SMILES string of the molecule is CC1(C)OB(c2cnc(OC[C@H]3CCCCN3CCO)nc2)OC1(C)C. The lowest BCUT2D eigenvalue weighted by atomic mass is 9.81. The molecule has 1 aromatic heterocycles. The lowest BCUT2D eigenvalue weighted by Gasteiger charge is -2.34. The van der Waals surface area contributed by atoms with E-state index in [1.165, 1.54) is 12.8 Å². The van der Waals surface area contributed by atoms with Gasteiger partial charge in [-0.25, -0.2) is 9.97 Å². The Bertz CT molecular complexity index is 579. The number of hydrogen-bond donors (Lipinski definition) is 1. The fourth-order valence-electron chi connectivity index (χ4n) is 3.34. The molecule has 0 saturated carbocycles. The summed E-state index contributed by atoms with van der Waals surface area (Å²) in [6, 6.07) is 0.669. The van der Waals surface area contributed by atoms with Crippen molar-refractivity contribution in [2.24, 2.45) is 0 Å². The summed E-state index contributed by atoms with van der Waals surface area (Å²) >= 11 is 0. The third-order valence-corrected chi connectivity index (χ3v) is 5.71. The van der Waals surface area contributed by atoms with Crippen LogP contribution in [0.1, 0.15) is 47.0 Å². The second-order valence-corrected chi connectivity index (χ2v) is 8.11. The van der Waals surface area contributed by atoms with Crippen LogP contribution in [0.25, 0.3) is 0 Å². The van der Waals surface area contributed by atoms with E-state index in [1.54, 1.807) is 12.4 Å². The molecule has 26 heavy (non-hydrogen) atoms. The number of rotatable bonds is 6. The summed E-state index contributed by atoms with van der Waals surface area (Å²) in [6.07, 6.45) is 6.85. The Balaban J connectivity index is 1.57. The van der Waals surface area contributed by atoms with E-state index in [1.807, 2.05) is 27.7 Å². The minimum Gasteiger partial charge on any atom is -0.462 e. The van der Waals surface area contributed by atoms with Crippen molar-refractivity contribution in [2.75, 3.05) is 26.3 Å². The van der Waals surface area contributed by atoms with Crippen LogP contribution in [0.2, 0.25) is 0 Å². The van der Waals surface area contributed by atoms with E-state index in [-0.39, 0.29) is 17.8 Å². The van der Waals surface area contributed by atoms with E-state index in [9.17, 15) is 5.11 Å². The summed E-state index contributed by atoms with van der Waals surface area (Å²) < 4.78 is 17.8. The molecule has 0 unspecified atom stereocenters. The van der Waals surface area contributed by atoms with Gasteiger partial charge in [-0.05, 0) is 47.1 Å². The molecule has 1 atom stereocenters. The van der Waals surface area contributed by atoms with E-state index < -0.39 is 7.12 Å². The molecule has 0 aromatic carbocycles. The Morgan fingerprint density at radius 1 is 1.19 bits per heavy atom. The van der Waals surface area contributed by atoms with Gasteiger partial charge in [0.05, 0.1) is 17.8 Å². The first-order valence-electron chi connectivity index (χ1n) is 9.48. The third kappa shape index (κ3) is 4.19. The van der Waals surface area contributed by atoms with Gasteiger partial charge in [0.25, 0.3) is 0 Å². The predicted molar refractivity (Wildman–Crippen MR) is 99.5 cm³/mol. The highest BCUT2D eigenvalue weighted by atomic mass is 16.7. The average Bonchev–Trinajstić information content (AvgIpc) is 2.82. The lowest BCUT2D eigenvalue weighted by molar-refractivity contribution is 0.00578. The summed E-state index contributed by atoms with van der Waals surface area (Å²) in [4.78, 5) is 10.9. The van der Waals surface area contributed by atoms with Crippen molar-refractivity contribution >= 4 is 12.6 Å². The summed E-state index contributed by atoms with van der Waals surface area (Å²) in [5.41, 5.74) is 0.0177. The van der Waals surface area contributed by atoms with Crippen molar-refractivity contribution < 1.29 is 19.2 Å². The van der Waals surface area contributed by atoms with Crippen LogP contribution in [0.3, 0.4) is 0 Å². The molecule has 1 N–H and O–H groups in total. The number of ether oxygens (including phenoxy) is 1. The van der Waals surface area contributed by atoms with E-state index in [2.05, 4.69) is 14.9 Å². The average molecular weight is 363 g/mol. The van der Waals surface area contributed by atoms with Gasteiger partial charge in [0.2, 0.25) is 0 Å². The van der Waals surface area contributed by atoms with Crippen molar-refractivity contribution in [3.63, 3.8) is 0 Å². The highest BCUT2D eigenvalue weighted by Gasteiger charge is 2.51. The van der Waals surface area contributed by atoms with Crippen LogP contribution in [-0.2, 0) is 9.31 Å². The van der Waals surface area contributed by atoms with E-state index >= 15 is 0 Å². The van der Waals surface area contributed by atoms with Crippen LogP contribution in [-0.4, -0.2) is 70.6 Å². The van der Waals surface area contributed by atoms with Crippen LogP contribution in [0, 0.1) is 0 Å². The van der Waals surface area contributed by atoms with E-state index in [0.29, 0.717) is 25.2 Å². The number of aromatic nitrogens is 2. The molecule has 2 aliphatic heterocycles. The maximum atomic E-state index is 9.20. The van der Waals surface area contributed by atoms with E-state index in [0.717, 1.165) is 18.4 Å². The molecule has 0 amide bonds. The van der Waals surface area contributed by atoms with Crippen molar-refractivity contribution in [1.82, 2.24) is 14.9 Å². The van der Waals surface area contributed by atoms with Gasteiger partial charge in [-0.2, -0.15) is 0 Å². The molecule has 8 heteroatoms. The largest absolute Gasteiger partial charge is 0.498 e. The van der Waals surface area contributed by atoms with Gasteiger partial charge in [-0.3, -0.25) is 4.90 Å². The first kappa shape index (κ1) is 19.5. The first-order valence-corrected chi connectivity index (χ1v) is 9.48. The third-order valence-electron chi connectivity index (χ3n) is 5.71. The number of nitrogens with zero attached hydrogens (tertiary/aromatic N) is 3. The van der Waals surface area contributed by atoms with Gasteiger partial charge < -0.3 is 19.2 Å². The molecule has 1 aromatic rings. The van der Waals surface area contributed by atoms with Crippen LogP contribution >= 0.6 is 0 Å². The predicted octanol–water partition coefficient (Wildman–Crippen LogP) is 1.00. The van der Waals surface area contributed by atoms with Crippen molar-refractivity contribution in [3.8, 4) is 6.01 Å². The molecule has 2 aliphatic rings.